The van der Waals surface area contributed by atoms with E-state index < -0.39 is 18.0 Å². The minimum atomic E-state index is -0.800. The van der Waals surface area contributed by atoms with E-state index >= 15 is 0 Å². The number of rotatable bonds is 6. The van der Waals surface area contributed by atoms with Crippen LogP contribution in [0.3, 0.4) is 0 Å². The lowest BCUT2D eigenvalue weighted by atomic mass is 10.2. The van der Waals surface area contributed by atoms with Gasteiger partial charge in [0.25, 0.3) is 5.91 Å². The van der Waals surface area contributed by atoms with E-state index in [9.17, 15) is 9.59 Å². The highest BCUT2D eigenvalue weighted by molar-refractivity contribution is 6.04. The molecule has 3 rings (SSSR count). The molecule has 3 heterocycles. The quantitative estimate of drug-likeness (QED) is 0.770. The third kappa shape index (κ3) is 3.18. The monoisotopic (exact) mass is 331 g/mol. The highest BCUT2D eigenvalue weighted by atomic mass is 16.3. The fraction of sp³-hybridized carbons (Fsp3) is 0.438. The molecule has 3 amide bonds. The van der Waals surface area contributed by atoms with Crippen LogP contribution in [0.1, 0.15) is 18.7 Å². The minimum absolute atomic E-state index is 0.384. The molecule has 1 saturated heterocycles. The van der Waals surface area contributed by atoms with E-state index in [4.69, 9.17) is 4.42 Å². The molecular formula is C16H21N5O3. The Hall–Kier alpha value is -2.61. The van der Waals surface area contributed by atoms with Gasteiger partial charge < -0.3 is 19.5 Å². The van der Waals surface area contributed by atoms with Gasteiger partial charge >= 0.3 is 6.03 Å². The second-order valence-corrected chi connectivity index (χ2v) is 5.98. The second-order valence-electron chi connectivity index (χ2n) is 5.98. The summed E-state index contributed by atoms with van der Waals surface area (Å²) in [6.45, 7) is 4.73. The number of carbonyl (C=O) groups excluding carboxylic acids is 2. The van der Waals surface area contributed by atoms with Crippen LogP contribution in [0.2, 0.25) is 0 Å². The van der Waals surface area contributed by atoms with Crippen LogP contribution in [-0.2, 0) is 4.79 Å². The number of hydrogen-bond acceptors (Lipinski definition) is 6. The summed E-state index contributed by atoms with van der Waals surface area (Å²) in [7, 11) is 4.07. The van der Waals surface area contributed by atoms with E-state index in [0.29, 0.717) is 16.9 Å². The average Bonchev–Trinajstić information content (AvgIpc) is 3.09. The predicted molar refractivity (Wildman–Crippen MR) is 89.9 cm³/mol. The van der Waals surface area contributed by atoms with Gasteiger partial charge in [0.2, 0.25) is 0 Å². The van der Waals surface area contributed by atoms with Gasteiger partial charge in [-0.25, -0.2) is 9.78 Å². The molecule has 0 saturated carbocycles. The number of furan rings is 1. The number of likely N-dealkylation sites (N-methyl/N-ethyl adjacent to an activating group) is 2. The molecule has 8 nitrogen and oxygen atoms in total. The van der Waals surface area contributed by atoms with Crippen molar-refractivity contribution in [3.8, 4) is 0 Å². The number of aromatic nitrogens is 1. The molecule has 2 aromatic heterocycles. The molecule has 1 fully saturated rings. The molecule has 8 heteroatoms. The molecule has 24 heavy (non-hydrogen) atoms. The molecule has 2 N–H and O–H groups in total. The van der Waals surface area contributed by atoms with Crippen LogP contribution < -0.4 is 15.5 Å². The van der Waals surface area contributed by atoms with Crippen LogP contribution in [0.5, 0.6) is 0 Å². The Morgan fingerprint density at radius 3 is 2.67 bits per heavy atom. The van der Waals surface area contributed by atoms with Crippen LogP contribution in [0, 0.1) is 0 Å². The summed E-state index contributed by atoms with van der Waals surface area (Å²) in [5, 5.41) is 4.72. The van der Waals surface area contributed by atoms with Crippen molar-refractivity contribution in [3.05, 3.63) is 24.0 Å². The molecular weight excluding hydrogens is 310 g/mol. The van der Waals surface area contributed by atoms with Crippen molar-refractivity contribution < 1.29 is 14.0 Å². The number of fused-ring (bicyclic) bond motifs is 1. The Balaban J connectivity index is 1.85. The van der Waals surface area contributed by atoms with Crippen LogP contribution in [-0.4, -0.2) is 55.6 Å². The largest absolute Gasteiger partial charge is 0.457 e. The van der Waals surface area contributed by atoms with Crippen LogP contribution >= 0.6 is 0 Å². The van der Waals surface area contributed by atoms with Crippen LogP contribution in [0.4, 0.5) is 10.6 Å². The van der Waals surface area contributed by atoms with Crippen molar-refractivity contribution in [1.82, 2.24) is 20.5 Å². The molecule has 1 unspecified atom stereocenters. The van der Waals surface area contributed by atoms with Crippen LogP contribution in [0.15, 0.2) is 22.6 Å². The fourth-order valence-corrected chi connectivity index (χ4v) is 2.62. The van der Waals surface area contributed by atoms with Crippen molar-refractivity contribution in [2.75, 3.05) is 38.6 Å². The summed E-state index contributed by atoms with van der Waals surface area (Å²) in [5.41, 5.74) is 1.26. The van der Waals surface area contributed by atoms with Crippen molar-refractivity contribution in [2.24, 2.45) is 0 Å². The van der Waals surface area contributed by atoms with Gasteiger partial charge in [-0.2, -0.15) is 0 Å². The van der Waals surface area contributed by atoms with E-state index in [0.717, 1.165) is 25.5 Å². The molecule has 0 bridgehead atoms. The fourth-order valence-electron chi connectivity index (χ4n) is 2.62. The van der Waals surface area contributed by atoms with E-state index in [2.05, 4.69) is 32.3 Å². The smallest absolute Gasteiger partial charge is 0.322 e. The Kier molecular flexibility index (Phi) is 4.39. The molecule has 1 atom stereocenters. The topological polar surface area (TPSA) is 90.7 Å². The van der Waals surface area contributed by atoms with Gasteiger partial charge in [0.15, 0.2) is 11.6 Å². The Labute approximate surface area is 139 Å². The number of imide groups is 1. The van der Waals surface area contributed by atoms with Gasteiger partial charge in [-0.1, -0.05) is 0 Å². The maximum Gasteiger partial charge on any atom is 0.322 e. The lowest BCUT2D eigenvalue weighted by Crippen LogP contribution is -2.32. The number of nitrogens with zero attached hydrogens (tertiary/aromatic N) is 3. The molecule has 1 aliphatic rings. The highest BCUT2D eigenvalue weighted by Crippen LogP contribution is 2.26. The first-order valence-electron chi connectivity index (χ1n) is 7.89. The first-order chi connectivity index (χ1) is 11.5. The molecule has 128 valence electrons. The van der Waals surface area contributed by atoms with Gasteiger partial charge in [0, 0.05) is 25.7 Å². The number of pyridine rings is 1. The van der Waals surface area contributed by atoms with E-state index in [1.165, 1.54) is 0 Å². The third-order valence-corrected chi connectivity index (χ3v) is 3.96. The van der Waals surface area contributed by atoms with E-state index in [-0.39, 0.29) is 0 Å². The molecule has 0 spiro atoms. The predicted octanol–water partition coefficient (Wildman–Crippen LogP) is 1.10. The standard InChI is InChI=1S/C16H21N5O3/c1-4-21(8-7-20(2)3)13-6-5-11-10(17-13)9-12(24-11)14-15(22)19-16(23)18-14/h5-6,9,14H,4,7-8H2,1-3H3,(H2,18,19,22,23). The zero-order valence-corrected chi connectivity index (χ0v) is 14.0. The Morgan fingerprint density at radius 1 is 1.25 bits per heavy atom. The normalized spacial score (nSPS) is 17.4. The number of nitrogens with one attached hydrogen (secondary N) is 2. The number of urea groups is 1. The summed E-state index contributed by atoms with van der Waals surface area (Å²) < 4.78 is 5.67. The Bertz CT molecular complexity index is 770. The van der Waals surface area contributed by atoms with E-state index in [1.807, 2.05) is 26.2 Å². The third-order valence-electron chi connectivity index (χ3n) is 3.96. The maximum atomic E-state index is 11.7. The first-order valence-corrected chi connectivity index (χ1v) is 7.89. The van der Waals surface area contributed by atoms with Crippen molar-refractivity contribution >= 4 is 28.9 Å². The number of carbonyl (C=O) groups is 2. The summed E-state index contributed by atoms with van der Waals surface area (Å²) in [6.07, 6.45) is 0. The average molecular weight is 331 g/mol. The Morgan fingerprint density at radius 2 is 2.04 bits per heavy atom. The van der Waals surface area contributed by atoms with Crippen molar-refractivity contribution in [3.63, 3.8) is 0 Å². The van der Waals surface area contributed by atoms with E-state index in [1.54, 1.807) is 6.07 Å². The highest BCUT2D eigenvalue weighted by Gasteiger charge is 2.33. The van der Waals surface area contributed by atoms with Gasteiger partial charge in [-0.05, 0) is 33.2 Å². The SMILES string of the molecule is CCN(CCN(C)C)c1ccc2oc(C3NC(=O)NC3=O)cc2n1. The maximum absolute atomic E-state index is 11.7. The number of hydrogen-bond donors (Lipinski definition) is 2. The molecule has 2 aromatic rings. The van der Waals surface area contributed by atoms with Crippen LogP contribution in [0.25, 0.3) is 11.1 Å². The zero-order chi connectivity index (χ0) is 17.3. The molecule has 0 aliphatic carbocycles. The lowest BCUT2D eigenvalue weighted by Gasteiger charge is -2.23. The minimum Gasteiger partial charge on any atom is -0.457 e. The first kappa shape index (κ1) is 16.3. The van der Waals surface area contributed by atoms with Crippen molar-refractivity contribution in [2.45, 2.75) is 13.0 Å². The summed E-state index contributed by atoms with van der Waals surface area (Å²) in [6, 6.07) is 4.14. The van der Waals surface area contributed by atoms with Gasteiger partial charge in [-0.3, -0.25) is 10.1 Å². The second kappa shape index (κ2) is 6.48. The summed E-state index contributed by atoms with van der Waals surface area (Å²) in [5.74, 6) is 0.828. The lowest BCUT2D eigenvalue weighted by molar-refractivity contribution is -0.120. The van der Waals surface area contributed by atoms with Gasteiger partial charge in [-0.15, -0.1) is 0 Å². The zero-order valence-electron chi connectivity index (χ0n) is 14.0. The summed E-state index contributed by atoms with van der Waals surface area (Å²) >= 11 is 0. The van der Waals surface area contributed by atoms with Crippen molar-refractivity contribution in [1.29, 1.82) is 0 Å². The number of amides is 3. The number of anilines is 1. The molecule has 1 aliphatic heterocycles. The molecule has 0 aromatic carbocycles. The van der Waals surface area contributed by atoms with Gasteiger partial charge in [0.05, 0.1) is 0 Å². The van der Waals surface area contributed by atoms with Gasteiger partial charge in [0.1, 0.15) is 17.1 Å². The summed E-state index contributed by atoms with van der Waals surface area (Å²) in [4.78, 5) is 31.9. The molecule has 0 radical (unpaired) electrons.